The number of likely N-dealkylation sites (N-methyl/N-ethyl adjacent to an activating group) is 1. The minimum atomic E-state index is -4.57. The summed E-state index contributed by atoms with van der Waals surface area (Å²) in [6, 6.07) is -0.797. The first-order chi connectivity index (χ1) is 36.0. The lowest BCUT2D eigenvalue weighted by Gasteiger charge is -2.30. The molecule has 0 fully saturated rings. The molecule has 8 nitrogen and oxygen atoms in total. The average Bonchev–Trinajstić information content (AvgIpc) is 3.36. The Balaban J connectivity index is 3.97. The summed E-state index contributed by atoms with van der Waals surface area (Å²) in [5.74, 6) is -0.156. The maximum absolute atomic E-state index is 13.0. The molecule has 2 N–H and O–H groups in total. The number of nitrogens with one attached hydrogen (secondary N) is 1. The van der Waals surface area contributed by atoms with Gasteiger partial charge in [0.25, 0.3) is 7.82 Å². The van der Waals surface area contributed by atoms with Gasteiger partial charge in [0, 0.05) is 6.42 Å². The van der Waals surface area contributed by atoms with E-state index in [0.29, 0.717) is 23.9 Å². The molecule has 0 aromatic carbocycles. The van der Waals surface area contributed by atoms with Crippen molar-refractivity contribution in [1.29, 1.82) is 0 Å². The van der Waals surface area contributed by atoms with Crippen molar-refractivity contribution in [3.63, 3.8) is 0 Å². The number of phosphoric acid groups is 1. The van der Waals surface area contributed by atoms with Gasteiger partial charge >= 0.3 is 0 Å². The number of hydrogen-bond acceptors (Lipinski definition) is 6. The molecule has 1 amide bonds. The molecule has 0 spiro atoms. The molecule has 3 atom stereocenters. The molecule has 0 radical (unpaired) electrons. The predicted molar refractivity (Wildman–Crippen MR) is 321 cm³/mol. The highest BCUT2D eigenvalue weighted by Crippen LogP contribution is 2.38. The first-order valence-electron chi connectivity index (χ1n) is 33.0. The highest BCUT2D eigenvalue weighted by Gasteiger charge is 2.24. The summed E-state index contributed by atoms with van der Waals surface area (Å²) < 4.78 is 23.5. The van der Waals surface area contributed by atoms with Crippen molar-refractivity contribution < 1.29 is 32.9 Å². The maximum Gasteiger partial charge on any atom is 0.268 e. The Morgan fingerprint density at radius 2 is 0.743 bits per heavy atom. The molecule has 0 heterocycles. The fourth-order valence-corrected chi connectivity index (χ4v) is 11.1. The Labute approximate surface area is 462 Å². The molecule has 0 saturated heterocycles. The van der Waals surface area contributed by atoms with Gasteiger partial charge in [-0.15, -0.1) is 0 Å². The summed E-state index contributed by atoms with van der Waals surface area (Å²) in [6.45, 7) is 4.78. The van der Waals surface area contributed by atoms with Crippen molar-refractivity contribution in [2.75, 3.05) is 40.9 Å². The molecular weight excluding hydrogens is 936 g/mol. The van der Waals surface area contributed by atoms with Crippen molar-refractivity contribution in [2.45, 2.75) is 360 Å². The summed E-state index contributed by atoms with van der Waals surface area (Å²) >= 11 is 0. The van der Waals surface area contributed by atoms with Crippen LogP contribution in [-0.2, 0) is 18.4 Å². The van der Waals surface area contributed by atoms with Crippen LogP contribution in [0.25, 0.3) is 0 Å². The van der Waals surface area contributed by atoms with E-state index in [2.05, 4.69) is 31.3 Å². The van der Waals surface area contributed by atoms with Crippen molar-refractivity contribution in [3.05, 3.63) is 12.2 Å². The maximum atomic E-state index is 13.0. The second kappa shape index (κ2) is 56.9. The van der Waals surface area contributed by atoms with Crippen molar-refractivity contribution in [1.82, 2.24) is 5.32 Å². The van der Waals surface area contributed by atoms with E-state index in [1.165, 1.54) is 283 Å². The number of phosphoric ester groups is 1. The van der Waals surface area contributed by atoms with Gasteiger partial charge in [0.05, 0.1) is 39.9 Å². The van der Waals surface area contributed by atoms with Gasteiger partial charge in [0.15, 0.2) is 0 Å². The molecule has 0 aromatic rings. The van der Waals surface area contributed by atoms with Crippen LogP contribution in [0.1, 0.15) is 348 Å². The molecule has 0 aromatic heterocycles. The summed E-state index contributed by atoms with van der Waals surface area (Å²) in [5.41, 5.74) is 0. The normalized spacial score (nSPS) is 13.8. The van der Waals surface area contributed by atoms with E-state index < -0.39 is 20.0 Å². The standard InChI is InChI=1S/C65H131N2O6P/c1-6-8-10-12-14-16-18-20-22-24-26-27-28-29-30-31-32-33-34-35-36-37-38-39-41-43-45-47-49-51-53-55-57-59-65(69)66-63(62-73-74(70,71)72-61-60-67(3,4)5)64(68)58-56-54-52-50-48-46-44-42-40-25-23-21-19-17-15-13-11-9-7-2/h24,26,63-64,68H,6-23,25,27-62H2,1-5H3,(H-,66,69,70,71)/b26-24-. The van der Waals surface area contributed by atoms with Crippen LogP contribution in [-0.4, -0.2) is 68.5 Å². The predicted octanol–water partition coefficient (Wildman–Crippen LogP) is 19.9. The molecule has 0 aliphatic carbocycles. The largest absolute Gasteiger partial charge is 0.756 e. The molecule has 0 rings (SSSR count). The third-order valence-corrected chi connectivity index (χ3v) is 16.5. The highest BCUT2D eigenvalue weighted by atomic mass is 31.2. The monoisotopic (exact) mass is 1070 g/mol. The molecular formula is C65H131N2O6P. The van der Waals surface area contributed by atoms with Gasteiger partial charge in [-0.05, 0) is 38.5 Å². The number of carbonyl (C=O) groups excluding carboxylic acids is 1. The lowest BCUT2D eigenvalue weighted by atomic mass is 10.0. The highest BCUT2D eigenvalue weighted by molar-refractivity contribution is 7.45. The van der Waals surface area contributed by atoms with E-state index in [4.69, 9.17) is 9.05 Å². The quantitative estimate of drug-likeness (QED) is 0.0272. The summed E-state index contributed by atoms with van der Waals surface area (Å²) in [5, 5.41) is 14.1. The summed E-state index contributed by atoms with van der Waals surface area (Å²) in [7, 11) is 1.33. The van der Waals surface area contributed by atoms with Crippen molar-refractivity contribution >= 4 is 13.7 Å². The topological polar surface area (TPSA) is 108 Å². The molecule has 74 heavy (non-hydrogen) atoms. The average molecular weight is 1070 g/mol. The molecule has 0 saturated carbocycles. The van der Waals surface area contributed by atoms with Gasteiger partial charge < -0.3 is 28.8 Å². The molecule has 3 unspecified atom stereocenters. The van der Waals surface area contributed by atoms with Crippen LogP contribution in [0.15, 0.2) is 12.2 Å². The molecule has 9 heteroatoms. The van der Waals surface area contributed by atoms with E-state index in [1.54, 1.807) is 0 Å². The van der Waals surface area contributed by atoms with E-state index >= 15 is 0 Å². The van der Waals surface area contributed by atoms with E-state index in [1.807, 2.05) is 21.1 Å². The van der Waals surface area contributed by atoms with Crippen LogP contribution in [0.4, 0.5) is 0 Å². The molecule has 442 valence electrons. The van der Waals surface area contributed by atoms with Crippen LogP contribution in [0, 0.1) is 0 Å². The zero-order valence-electron chi connectivity index (χ0n) is 50.6. The van der Waals surface area contributed by atoms with E-state index in [9.17, 15) is 19.4 Å². The van der Waals surface area contributed by atoms with Crippen molar-refractivity contribution in [3.8, 4) is 0 Å². The number of rotatable bonds is 62. The minimum Gasteiger partial charge on any atom is -0.756 e. The third-order valence-electron chi connectivity index (χ3n) is 15.5. The lowest BCUT2D eigenvalue weighted by Crippen LogP contribution is -2.46. The Morgan fingerprint density at radius 3 is 1.05 bits per heavy atom. The molecule has 0 aliphatic heterocycles. The minimum absolute atomic E-state index is 0.0159. The van der Waals surface area contributed by atoms with Crippen LogP contribution < -0.4 is 10.2 Å². The number of nitrogens with zero attached hydrogens (tertiary/aromatic N) is 1. The SMILES string of the molecule is CCCCCCCCCC/C=C\CCCCCCCCCCCCCCCCCCCCCCCC(=O)NC(COP(=O)([O-])OCC[N+](C)(C)C)C(O)CCCCCCCCCCCCCCCCCCCCC. The fraction of sp³-hybridized carbons (Fsp3) is 0.954. The lowest BCUT2D eigenvalue weighted by molar-refractivity contribution is -0.870. The second-order valence-corrected chi connectivity index (χ2v) is 25.6. The van der Waals surface area contributed by atoms with E-state index in [-0.39, 0.29) is 19.1 Å². The number of aliphatic hydroxyl groups excluding tert-OH is 1. The zero-order chi connectivity index (χ0) is 54.2. The van der Waals surface area contributed by atoms with Crippen LogP contribution in [0.2, 0.25) is 0 Å². The van der Waals surface area contributed by atoms with Crippen LogP contribution in [0.3, 0.4) is 0 Å². The number of allylic oxidation sites excluding steroid dienone is 2. The van der Waals surface area contributed by atoms with Gasteiger partial charge in [-0.2, -0.15) is 0 Å². The van der Waals surface area contributed by atoms with Gasteiger partial charge in [0.1, 0.15) is 13.2 Å². The first-order valence-corrected chi connectivity index (χ1v) is 34.5. The number of carbonyl (C=O) groups is 1. The Bertz CT molecular complexity index is 1210. The second-order valence-electron chi connectivity index (χ2n) is 24.2. The Kier molecular flexibility index (Phi) is 56.4. The van der Waals surface area contributed by atoms with Gasteiger partial charge in [0.2, 0.25) is 5.91 Å². The third kappa shape index (κ3) is 58.9. The molecule has 0 aliphatic rings. The number of unbranched alkanes of at least 4 members (excludes halogenated alkanes) is 47. The first kappa shape index (κ1) is 73.2. The number of hydrogen-bond donors (Lipinski definition) is 2. The molecule has 0 bridgehead atoms. The van der Waals surface area contributed by atoms with Gasteiger partial charge in [-0.3, -0.25) is 9.36 Å². The van der Waals surface area contributed by atoms with Crippen LogP contribution in [0.5, 0.6) is 0 Å². The van der Waals surface area contributed by atoms with Crippen molar-refractivity contribution in [2.24, 2.45) is 0 Å². The van der Waals surface area contributed by atoms with E-state index in [0.717, 1.165) is 38.5 Å². The zero-order valence-corrected chi connectivity index (χ0v) is 51.5. The van der Waals surface area contributed by atoms with Gasteiger partial charge in [-0.25, -0.2) is 0 Å². The Morgan fingerprint density at radius 1 is 0.459 bits per heavy atom. The summed E-state index contributed by atoms with van der Waals surface area (Å²) in [4.78, 5) is 25.6. The Hall–Kier alpha value is -0.760. The number of quaternary nitrogens is 1. The van der Waals surface area contributed by atoms with Gasteiger partial charge in [-0.1, -0.05) is 315 Å². The fourth-order valence-electron chi connectivity index (χ4n) is 10.3. The number of amides is 1. The number of aliphatic hydroxyl groups is 1. The van der Waals surface area contributed by atoms with Crippen LogP contribution >= 0.6 is 7.82 Å². The summed E-state index contributed by atoms with van der Waals surface area (Å²) in [6.07, 6.45) is 71.3. The smallest absolute Gasteiger partial charge is 0.268 e.